The molecule has 0 saturated carbocycles. The molecule has 1 heterocycles. The van der Waals surface area contributed by atoms with Crippen molar-refractivity contribution in [2.45, 2.75) is 68.7 Å². The highest BCUT2D eigenvalue weighted by Crippen LogP contribution is 2.25. The van der Waals surface area contributed by atoms with E-state index in [-0.39, 0.29) is 5.78 Å². The maximum Gasteiger partial charge on any atom is 0.154 e. The van der Waals surface area contributed by atoms with Crippen LogP contribution in [0.25, 0.3) is 0 Å². The van der Waals surface area contributed by atoms with Gasteiger partial charge in [-0.1, -0.05) is 43.2 Å². The molecule has 6 unspecified atom stereocenters. The van der Waals surface area contributed by atoms with E-state index >= 15 is 0 Å². The lowest BCUT2D eigenvalue weighted by atomic mass is 9.92. The SMILES string of the molecule is NC(C(=O)CCCCCC1OC(CO)C(O)C(O)C1O)c1ccccc1. The highest BCUT2D eigenvalue weighted by atomic mass is 16.5. The van der Waals surface area contributed by atoms with Gasteiger partial charge in [-0.25, -0.2) is 0 Å². The van der Waals surface area contributed by atoms with Crippen LogP contribution in [0.3, 0.4) is 0 Å². The molecule has 1 aromatic rings. The van der Waals surface area contributed by atoms with Crippen molar-refractivity contribution in [3.05, 3.63) is 35.9 Å². The lowest BCUT2D eigenvalue weighted by molar-refractivity contribution is -0.230. The molecule has 1 aliphatic rings. The number of nitrogens with two attached hydrogens (primary N) is 1. The Labute approximate surface area is 153 Å². The minimum absolute atomic E-state index is 0.0101. The van der Waals surface area contributed by atoms with Crippen LogP contribution in [0.4, 0.5) is 0 Å². The molecule has 0 aliphatic carbocycles. The van der Waals surface area contributed by atoms with Gasteiger partial charge in [0.25, 0.3) is 0 Å². The van der Waals surface area contributed by atoms with Crippen LogP contribution in [0.5, 0.6) is 0 Å². The lowest BCUT2D eigenvalue weighted by Crippen LogP contribution is -2.58. The molecule has 0 spiro atoms. The fourth-order valence-electron chi connectivity index (χ4n) is 3.24. The third kappa shape index (κ3) is 5.33. The number of aliphatic hydroxyl groups is 4. The van der Waals surface area contributed by atoms with Gasteiger partial charge >= 0.3 is 0 Å². The van der Waals surface area contributed by atoms with Crippen LogP contribution in [0.1, 0.15) is 43.7 Å². The summed E-state index contributed by atoms with van der Waals surface area (Å²) in [6.07, 6.45) is -2.40. The first-order valence-corrected chi connectivity index (χ1v) is 9.09. The number of carbonyl (C=O) groups excluding carboxylic acids is 1. The van der Waals surface area contributed by atoms with Gasteiger partial charge in [0.1, 0.15) is 24.4 Å². The number of ether oxygens (including phenoxy) is 1. The number of benzene rings is 1. The molecule has 7 nitrogen and oxygen atoms in total. The predicted molar refractivity (Wildman–Crippen MR) is 95.2 cm³/mol. The summed E-state index contributed by atoms with van der Waals surface area (Å²) in [7, 11) is 0. The Balaban J connectivity index is 1.69. The maximum atomic E-state index is 12.1. The summed E-state index contributed by atoms with van der Waals surface area (Å²) >= 11 is 0. The average Bonchev–Trinajstić information content (AvgIpc) is 2.67. The molecule has 26 heavy (non-hydrogen) atoms. The molecule has 2 rings (SSSR count). The minimum Gasteiger partial charge on any atom is -0.394 e. The zero-order chi connectivity index (χ0) is 19.1. The number of ketones is 1. The van der Waals surface area contributed by atoms with Crippen molar-refractivity contribution in [1.82, 2.24) is 0 Å². The molecule has 0 bridgehead atoms. The van der Waals surface area contributed by atoms with E-state index in [0.717, 1.165) is 12.0 Å². The van der Waals surface area contributed by atoms with Crippen molar-refractivity contribution >= 4 is 5.78 Å². The smallest absolute Gasteiger partial charge is 0.154 e. The molecule has 146 valence electrons. The van der Waals surface area contributed by atoms with Crippen LogP contribution < -0.4 is 5.73 Å². The number of aliphatic hydroxyl groups excluding tert-OH is 4. The third-order valence-electron chi connectivity index (χ3n) is 4.91. The molecule has 1 aromatic carbocycles. The monoisotopic (exact) mass is 367 g/mol. The summed E-state index contributed by atoms with van der Waals surface area (Å²) in [6, 6.07) is 8.64. The molecule has 6 N–H and O–H groups in total. The molecule has 7 heteroatoms. The summed E-state index contributed by atoms with van der Waals surface area (Å²) in [6.45, 7) is -0.423. The van der Waals surface area contributed by atoms with Crippen molar-refractivity contribution in [2.75, 3.05) is 6.61 Å². The van der Waals surface area contributed by atoms with Crippen LogP contribution in [0.15, 0.2) is 30.3 Å². The highest BCUT2D eigenvalue weighted by Gasteiger charge is 2.42. The Morgan fingerprint density at radius 3 is 2.31 bits per heavy atom. The zero-order valence-corrected chi connectivity index (χ0v) is 14.8. The van der Waals surface area contributed by atoms with E-state index in [1.54, 1.807) is 0 Å². The Hall–Kier alpha value is -1.35. The Morgan fingerprint density at radius 2 is 1.65 bits per heavy atom. The van der Waals surface area contributed by atoms with Gasteiger partial charge in [-0.15, -0.1) is 0 Å². The first-order valence-electron chi connectivity index (χ1n) is 9.09. The van der Waals surface area contributed by atoms with Crippen molar-refractivity contribution < 1.29 is 30.0 Å². The van der Waals surface area contributed by atoms with E-state index in [1.165, 1.54) is 0 Å². The Bertz CT molecular complexity index is 552. The van der Waals surface area contributed by atoms with Gasteiger partial charge < -0.3 is 30.9 Å². The molecular formula is C19H29NO6. The molecule has 1 saturated heterocycles. The second kappa shape index (κ2) is 10.1. The highest BCUT2D eigenvalue weighted by molar-refractivity contribution is 5.84. The van der Waals surface area contributed by atoms with E-state index < -0.39 is 43.2 Å². The fraction of sp³-hybridized carbons (Fsp3) is 0.632. The average molecular weight is 367 g/mol. The largest absolute Gasteiger partial charge is 0.394 e. The number of hydrogen-bond donors (Lipinski definition) is 5. The fourth-order valence-corrected chi connectivity index (χ4v) is 3.24. The van der Waals surface area contributed by atoms with E-state index in [1.807, 2.05) is 30.3 Å². The van der Waals surface area contributed by atoms with Gasteiger partial charge in [-0.05, 0) is 18.4 Å². The van der Waals surface area contributed by atoms with Gasteiger partial charge in [0.15, 0.2) is 5.78 Å². The molecular weight excluding hydrogens is 338 g/mol. The summed E-state index contributed by atoms with van der Waals surface area (Å²) in [4.78, 5) is 12.1. The van der Waals surface area contributed by atoms with E-state index in [2.05, 4.69) is 0 Å². The first-order chi connectivity index (χ1) is 12.5. The minimum atomic E-state index is -1.34. The molecule has 0 amide bonds. The number of carbonyl (C=O) groups is 1. The number of hydrogen-bond acceptors (Lipinski definition) is 7. The van der Waals surface area contributed by atoms with Crippen LogP contribution in [-0.2, 0) is 9.53 Å². The molecule has 1 aliphatic heterocycles. The summed E-state index contributed by atoms with van der Waals surface area (Å²) in [5, 5.41) is 38.7. The summed E-state index contributed by atoms with van der Waals surface area (Å²) in [5.74, 6) is -0.0101. The lowest BCUT2D eigenvalue weighted by Gasteiger charge is -2.40. The van der Waals surface area contributed by atoms with Gasteiger partial charge in [0.05, 0.1) is 18.8 Å². The van der Waals surface area contributed by atoms with E-state index in [9.17, 15) is 25.2 Å². The van der Waals surface area contributed by atoms with E-state index in [4.69, 9.17) is 10.5 Å². The van der Waals surface area contributed by atoms with Gasteiger partial charge in [0, 0.05) is 6.42 Å². The normalized spacial score (nSPS) is 30.1. The standard InChI is InChI=1S/C19H29NO6/c20-16(12-7-3-1-4-8-12)13(22)9-5-2-6-10-14-17(23)19(25)18(24)15(11-21)26-14/h1,3-4,7-8,14-19,21,23-25H,2,5-6,9-11,20H2. The number of Topliss-reactive ketones (excluding diaryl/α,β-unsaturated/α-hetero) is 1. The van der Waals surface area contributed by atoms with Gasteiger partial charge in [0.2, 0.25) is 0 Å². The van der Waals surface area contributed by atoms with Crippen molar-refractivity contribution in [2.24, 2.45) is 5.73 Å². The Morgan fingerprint density at radius 1 is 1.00 bits per heavy atom. The molecule has 0 aromatic heterocycles. The van der Waals surface area contributed by atoms with Crippen molar-refractivity contribution in [3.8, 4) is 0 Å². The van der Waals surface area contributed by atoms with Crippen LogP contribution >= 0.6 is 0 Å². The second-order valence-electron chi connectivity index (χ2n) is 6.82. The first kappa shape index (κ1) is 21.0. The predicted octanol–water partition coefficient (Wildman–Crippen LogP) is 0.0484. The Kier molecular flexibility index (Phi) is 8.15. The maximum absolute atomic E-state index is 12.1. The summed E-state index contributed by atoms with van der Waals surface area (Å²) < 4.78 is 5.46. The molecule has 6 atom stereocenters. The number of unbranched alkanes of at least 4 members (excludes halogenated alkanes) is 2. The van der Waals surface area contributed by atoms with Gasteiger partial charge in [-0.2, -0.15) is 0 Å². The van der Waals surface area contributed by atoms with Crippen LogP contribution in [-0.4, -0.2) is 63.3 Å². The van der Waals surface area contributed by atoms with Crippen LogP contribution in [0, 0.1) is 0 Å². The summed E-state index contributed by atoms with van der Waals surface area (Å²) in [5.41, 5.74) is 6.77. The second-order valence-corrected chi connectivity index (χ2v) is 6.82. The van der Waals surface area contributed by atoms with E-state index in [0.29, 0.717) is 25.7 Å². The topological polar surface area (TPSA) is 133 Å². The van der Waals surface area contributed by atoms with Crippen LogP contribution in [0.2, 0.25) is 0 Å². The third-order valence-corrected chi connectivity index (χ3v) is 4.91. The molecule has 1 fully saturated rings. The van der Waals surface area contributed by atoms with Gasteiger partial charge in [-0.3, -0.25) is 4.79 Å². The molecule has 0 radical (unpaired) electrons. The zero-order valence-electron chi connectivity index (χ0n) is 14.8. The quantitative estimate of drug-likeness (QED) is 0.389. The van der Waals surface area contributed by atoms with Crippen molar-refractivity contribution in [3.63, 3.8) is 0 Å². The number of rotatable bonds is 9. The van der Waals surface area contributed by atoms with Crippen molar-refractivity contribution in [1.29, 1.82) is 0 Å².